The number of fused-ring (bicyclic) bond motifs is 1. The van der Waals surface area contributed by atoms with Crippen molar-refractivity contribution >= 4 is 22.8 Å². The van der Waals surface area contributed by atoms with E-state index in [0.717, 1.165) is 18.2 Å². The molecule has 0 radical (unpaired) electrons. The van der Waals surface area contributed by atoms with E-state index >= 15 is 0 Å². The Bertz CT molecular complexity index is 1260. The Morgan fingerprint density at radius 1 is 1.16 bits per heavy atom. The minimum atomic E-state index is -4.61. The number of alkyl halides is 3. The first-order chi connectivity index (χ1) is 14.9. The number of nitrogens with zero attached hydrogens (tertiary/aromatic N) is 3. The van der Waals surface area contributed by atoms with Gasteiger partial charge in [0.1, 0.15) is 16.5 Å². The third kappa shape index (κ3) is 4.90. The zero-order chi connectivity index (χ0) is 23.7. The van der Waals surface area contributed by atoms with E-state index in [1.807, 2.05) is 0 Å². The quantitative estimate of drug-likeness (QED) is 0.429. The normalized spacial score (nSPS) is 13.7. The van der Waals surface area contributed by atoms with Crippen molar-refractivity contribution in [3.63, 3.8) is 0 Å². The molecule has 2 aromatic heterocycles. The molecule has 3 aromatic rings. The van der Waals surface area contributed by atoms with Crippen molar-refractivity contribution in [3.8, 4) is 17.0 Å². The third-order valence-electron chi connectivity index (χ3n) is 4.66. The van der Waals surface area contributed by atoms with Crippen molar-refractivity contribution < 1.29 is 27.1 Å². The molecule has 32 heavy (non-hydrogen) atoms. The van der Waals surface area contributed by atoms with Gasteiger partial charge in [-0.2, -0.15) is 22.0 Å². The Balaban J connectivity index is 2.10. The molecule has 0 bridgehead atoms. The van der Waals surface area contributed by atoms with Gasteiger partial charge in [-0.15, -0.1) is 0 Å². The summed E-state index contributed by atoms with van der Waals surface area (Å²) < 4.78 is 57.6. The molecule has 0 spiro atoms. The van der Waals surface area contributed by atoms with E-state index in [9.17, 15) is 27.3 Å². The van der Waals surface area contributed by atoms with Gasteiger partial charge in [0, 0.05) is 18.7 Å². The molecule has 0 N–H and O–H groups in total. The van der Waals surface area contributed by atoms with E-state index in [1.54, 1.807) is 39.0 Å². The van der Waals surface area contributed by atoms with E-state index in [1.165, 1.54) is 27.4 Å². The number of hydrogen-bond donors (Lipinski definition) is 0. The van der Waals surface area contributed by atoms with Crippen LogP contribution in [-0.2, 0) is 23.7 Å². The van der Waals surface area contributed by atoms with E-state index < -0.39 is 38.9 Å². The van der Waals surface area contributed by atoms with Crippen LogP contribution in [0.25, 0.3) is 16.8 Å². The molecular weight excluding hydrogens is 443 g/mol. The van der Waals surface area contributed by atoms with Gasteiger partial charge in [-0.3, -0.25) is 0 Å². The third-order valence-corrected chi connectivity index (χ3v) is 6.05. The highest BCUT2D eigenvalue weighted by Crippen LogP contribution is 2.32. The van der Waals surface area contributed by atoms with Crippen LogP contribution in [0.3, 0.4) is 0 Å². The van der Waals surface area contributed by atoms with Crippen LogP contribution in [0.1, 0.15) is 32.8 Å². The van der Waals surface area contributed by atoms with Crippen LogP contribution in [-0.4, -0.2) is 19.6 Å². The van der Waals surface area contributed by atoms with Crippen LogP contribution in [0, 0.1) is 0 Å². The van der Waals surface area contributed by atoms with E-state index in [2.05, 4.69) is 4.40 Å². The van der Waals surface area contributed by atoms with Crippen molar-refractivity contribution in [1.29, 1.82) is 0 Å². The zero-order valence-electron chi connectivity index (χ0n) is 17.7. The summed E-state index contributed by atoms with van der Waals surface area (Å²) in [4.78, 5) is 13.0. The molecule has 10 heteroatoms. The first kappa shape index (κ1) is 23.6. The summed E-state index contributed by atoms with van der Waals surface area (Å²) in [6.07, 6.45) is -1.47. The SMILES string of the molecule is CC(C)(C)S(=O)/N=C\CC[n+]1c([O-])c(-c2cccc(C(F)(F)F)c2)c(=O)n2ccccc21. The lowest BCUT2D eigenvalue weighted by Crippen LogP contribution is -2.44. The standard InChI is InChI=1S/C22H22F3N3O3S/c1-21(2,3)32(31)26-11-7-13-28-17-10-4-5-12-27(17)19(29)18(20(28)30)15-8-6-9-16(14-15)22(23,24)25/h4-6,8-12,14H,7,13H2,1-3H3/b26-11-. The number of aryl methyl sites for hydroxylation is 1. The molecule has 1 aromatic carbocycles. The van der Waals surface area contributed by atoms with Crippen LogP contribution < -0.4 is 15.2 Å². The number of benzene rings is 1. The highest BCUT2D eigenvalue weighted by atomic mass is 32.2. The summed E-state index contributed by atoms with van der Waals surface area (Å²) in [5, 5.41) is 13.2. The second-order valence-electron chi connectivity index (χ2n) is 8.08. The van der Waals surface area contributed by atoms with Gasteiger partial charge in [0.05, 0.1) is 28.9 Å². The zero-order valence-corrected chi connectivity index (χ0v) is 18.5. The Hall–Kier alpha value is -3.01. The lowest BCUT2D eigenvalue weighted by molar-refractivity contribution is -0.714. The molecule has 1 atom stereocenters. The molecule has 3 rings (SSSR count). The predicted octanol–water partition coefficient (Wildman–Crippen LogP) is 3.27. The fraction of sp³-hybridized carbons (Fsp3) is 0.318. The lowest BCUT2D eigenvalue weighted by Gasteiger charge is -2.17. The molecule has 0 fully saturated rings. The molecule has 0 aliphatic carbocycles. The second-order valence-corrected chi connectivity index (χ2v) is 10.0. The Kier molecular flexibility index (Phi) is 6.54. The van der Waals surface area contributed by atoms with Gasteiger partial charge in [0.25, 0.3) is 5.65 Å². The highest BCUT2D eigenvalue weighted by molar-refractivity contribution is 7.85. The molecule has 170 valence electrons. The van der Waals surface area contributed by atoms with Gasteiger partial charge >= 0.3 is 11.7 Å². The Labute approximate surface area is 185 Å². The first-order valence-corrected chi connectivity index (χ1v) is 10.9. The summed E-state index contributed by atoms with van der Waals surface area (Å²) in [6, 6.07) is 8.96. The molecule has 0 saturated carbocycles. The van der Waals surface area contributed by atoms with E-state index in [4.69, 9.17) is 0 Å². The maximum atomic E-state index is 13.2. The molecule has 1 unspecified atom stereocenters. The minimum Gasteiger partial charge on any atom is -0.842 e. The second kappa shape index (κ2) is 8.85. The summed E-state index contributed by atoms with van der Waals surface area (Å²) in [6.45, 7) is 5.44. The number of aromatic nitrogens is 2. The summed E-state index contributed by atoms with van der Waals surface area (Å²) in [5.41, 5.74) is -1.82. The fourth-order valence-corrected chi connectivity index (χ4v) is 3.61. The van der Waals surface area contributed by atoms with Crippen molar-refractivity contribution in [2.75, 3.05) is 0 Å². The Morgan fingerprint density at radius 3 is 2.53 bits per heavy atom. The average Bonchev–Trinajstić information content (AvgIpc) is 2.72. The van der Waals surface area contributed by atoms with Crippen LogP contribution in [0.15, 0.2) is 57.9 Å². The van der Waals surface area contributed by atoms with Crippen molar-refractivity contribution in [3.05, 3.63) is 64.6 Å². The van der Waals surface area contributed by atoms with Crippen molar-refractivity contribution in [1.82, 2.24) is 4.40 Å². The number of hydrogen-bond acceptors (Lipinski definition) is 3. The molecule has 0 saturated heterocycles. The highest BCUT2D eigenvalue weighted by Gasteiger charge is 2.31. The average molecular weight is 465 g/mol. The lowest BCUT2D eigenvalue weighted by atomic mass is 10.0. The van der Waals surface area contributed by atoms with Gasteiger partial charge in [0.2, 0.25) is 0 Å². The van der Waals surface area contributed by atoms with Crippen LogP contribution in [0.4, 0.5) is 13.2 Å². The Morgan fingerprint density at radius 2 is 1.88 bits per heavy atom. The molecule has 6 nitrogen and oxygen atoms in total. The van der Waals surface area contributed by atoms with E-state index in [0.29, 0.717) is 5.65 Å². The van der Waals surface area contributed by atoms with Gasteiger partial charge in [-0.25, -0.2) is 13.6 Å². The van der Waals surface area contributed by atoms with Gasteiger partial charge < -0.3 is 5.11 Å². The maximum absolute atomic E-state index is 13.2. The molecule has 0 amide bonds. The topological polar surface area (TPSA) is 77.8 Å². The van der Waals surface area contributed by atoms with Gasteiger partial charge in [0.15, 0.2) is 0 Å². The first-order valence-electron chi connectivity index (χ1n) is 9.77. The molecule has 0 aliphatic heterocycles. The van der Waals surface area contributed by atoms with Crippen LogP contribution in [0.2, 0.25) is 0 Å². The summed E-state index contributed by atoms with van der Waals surface area (Å²) in [5.74, 6) is -0.703. The summed E-state index contributed by atoms with van der Waals surface area (Å²) >= 11 is 0. The summed E-state index contributed by atoms with van der Waals surface area (Å²) in [7, 11) is -1.46. The van der Waals surface area contributed by atoms with Crippen molar-refractivity contribution in [2.45, 2.75) is 44.7 Å². The van der Waals surface area contributed by atoms with Crippen LogP contribution in [0.5, 0.6) is 5.88 Å². The van der Waals surface area contributed by atoms with E-state index in [-0.39, 0.29) is 24.1 Å². The molecule has 2 heterocycles. The van der Waals surface area contributed by atoms with Gasteiger partial charge in [-0.1, -0.05) is 18.2 Å². The smallest absolute Gasteiger partial charge is 0.416 e. The molecule has 0 aliphatic rings. The van der Waals surface area contributed by atoms with Crippen molar-refractivity contribution in [2.24, 2.45) is 4.40 Å². The predicted molar refractivity (Wildman–Crippen MR) is 115 cm³/mol. The minimum absolute atomic E-state index is 0.101. The fourth-order valence-electron chi connectivity index (χ4n) is 3.06. The molecular formula is C22H22F3N3O3S. The van der Waals surface area contributed by atoms with Crippen LogP contribution >= 0.6 is 0 Å². The largest absolute Gasteiger partial charge is 0.842 e. The monoisotopic (exact) mass is 465 g/mol. The van der Waals surface area contributed by atoms with Gasteiger partial charge in [-0.05, 0) is 44.5 Å². The number of pyridine rings is 1. The number of halogens is 3. The maximum Gasteiger partial charge on any atom is 0.416 e. The number of rotatable bonds is 5.